The van der Waals surface area contributed by atoms with Gasteiger partial charge >= 0.3 is 0 Å². The Bertz CT molecular complexity index is 1080. The molecule has 1 heterocycles. The van der Waals surface area contributed by atoms with E-state index in [2.05, 4.69) is 15.3 Å². The number of carbonyl (C=O) groups is 1. The number of hydrogen-bond acceptors (Lipinski definition) is 6. The summed E-state index contributed by atoms with van der Waals surface area (Å²) >= 11 is 12.4. The Labute approximate surface area is 158 Å². The van der Waals surface area contributed by atoms with Crippen molar-refractivity contribution >= 4 is 51.5 Å². The molecule has 0 radical (unpaired) electrons. The number of methoxy groups -OCH3 is 1. The molecule has 0 aliphatic carbocycles. The summed E-state index contributed by atoms with van der Waals surface area (Å²) in [7, 11) is 1.40. The first kappa shape index (κ1) is 17.7. The van der Waals surface area contributed by atoms with Gasteiger partial charge in [-0.3, -0.25) is 4.79 Å². The smallest absolute Gasteiger partial charge is 0.257 e. The van der Waals surface area contributed by atoms with Crippen molar-refractivity contribution in [3.05, 3.63) is 51.8 Å². The van der Waals surface area contributed by atoms with Gasteiger partial charge in [0.2, 0.25) is 0 Å². The van der Waals surface area contributed by atoms with Crippen molar-refractivity contribution in [2.75, 3.05) is 18.2 Å². The number of anilines is 2. The molecule has 0 aliphatic rings. The van der Waals surface area contributed by atoms with Gasteiger partial charge in [-0.15, -0.1) is 0 Å². The topological polar surface area (TPSA) is 114 Å². The average Bonchev–Trinajstić information content (AvgIpc) is 2.65. The zero-order valence-electron chi connectivity index (χ0n) is 13.4. The maximum absolute atomic E-state index is 12.8. The SMILES string of the molecule is COc1cc(C#N)c(Cl)c(NC(=O)c2cccc3c(N)ncnc23)c1Cl. The number of carbonyl (C=O) groups excluding carboxylic acids is 1. The summed E-state index contributed by atoms with van der Waals surface area (Å²) in [6, 6.07) is 8.27. The summed E-state index contributed by atoms with van der Waals surface area (Å²) in [4.78, 5) is 20.8. The van der Waals surface area contributed by atoms with E-state index in [9.17, 15) is 10.1 Å². The van der Waals surface area contributed by atoms with Gasteiger partial charge in [0.25, 0.3) is 5.91 Å². The van der Waals surface area contributed by atoms with Crippen LogP contribution in [0.2, 0.25) is 10.0 Å². The van der Waals surface area contributed by atoms with Crippen LogP contribution in [-0.2, 0) is 0 Å². The van der Waals surface area contributed by atoms with Crippen molar-refractivity contribution in [3.63, 3.8) is 0 Å². The van der Waals surface area contributed by atoms with E-state index in [-0.39, 0.29) is 38.4 Å². The summed E-state index contributed by atoms with van der Waals surface area (Å²) in [6.45, 7) is 0. The number of nitrogen functional groups attached to an aromatic ring is 1. The van der Waals surface area contributed by atoms with Crippen LogP contribution in [0.5, 0.6) is 5.75 Å². The minimum atomic E-state index is -0.519. The monoisotopic (exact) mass is 387 g/mol. The Kier molecular flexibility index (Phi) is 4.80. The molecular formula is C17H11Cl2N5O2. The highest BCUT2D eigenvalue weighted by molar-refractivity contribution is 6.41. The summed E-state index contributed by atoms with van der Waals surface area (Å²) in [5, 5.41) is 12.5. The van der Waals surface area contributed by atoms with Crippen LogP contribution < -0.4 is 15.8 Å². The van der Waals surface area contributed by atoms with E-state index in [1.54, 1.807) is 18.2 Å². The molecule has 0 unspecified atom stereocenters. The van der Waals surface area contributed by atoms with Gasteiger partial charge in [0.15, 0.2) is 0 Å². The maximum atomic E-state index is 12.8. The minimum absolute atomic E-state index is 0.0148. The molecule has 2 aromatic carbocycles. The second kappa shape index (κ2) is 7.04. The van der Waals surface area contributed by atoms with Crippen molar-refractivity contribution in [2.24, 2.45) is 0 Å². The van der Waals surface area contributed by atoms with Crippen molar-refractivity contribution in [2.45, 2.75) is 0 Å². The van der Waals surface area contributed by atoms with Crippen molar-refractivity contribution in [1.29, 1.82) is 5.26 Å². The minimum Gasteiger partial charge on any atom is -0.495 e. The molecule has 0 saturated heterocycles. The van der Waals surface area contributed by atoms with Crippen LogP contribution in [0.25, 0.3) is 10.9 Å². The lowest BCUT2D eigenvalue weighted by molar-refractivity contribution is 0.102. The van der Waals surface area contributed by atoms with E-state index < -0.39 is 5.91 Å². The average molecular weight is 388 g/mol. The molecule has 0 spiro atoms. The third kappa shape index (κ3) is 2.96. The molecule has 0 saturated carbocycles. The third-order valence-corrected chi connectivity index (χ3v) is 4.45. The number of nitrogens with two attached hydrogens (primary N) is 1. The zero-order valence-corrected chi connectivity index (χ0v) is 14.9. The Morgan fingerprint density at radius 1 is 1.31 bits per heavy atom. The first-order valence-electron chi connectivity index (χ1n) is 7.24. The standard InChI is InChI=1S/C17H11Cl2N5O2/c1-26-11-5-8(6-20)12(18)15(13(11)19)24-17(25)10-4-2-3-9-14(10)22-7-23-16(9)21/h2-5,7H,1H3,(H,24,25)(H2,21,22,23). The lowest BCUT2D eigenvalue weighted by Gasteiger charge is -2.14. The predicted octanol–water partition coefficient (Wildman–Crippen LogP) is 3.65. The highest BCUT2D eigenvalue weighted by Crippen LogP contribution is 2.40. The van der Waals surface area contributed by atoms with Gasteiger partial charge in [0.05, 0.1) is 34.5 Å². The number of halogens is 2. The molecule has 9 heteroatoms. The Balaban J connectivity index is 2.10. The molecule has 7 nitrogen and oxygen atoms in total. The van der Waals surface area contributed by atoms with E-state index in [0.29, 0.717) is 10.9 Å². The van der Waals surface area contributed by atoms with Gasteiger partial charge in [-0.05, 0) is 12.1 Å². The van der Waals surface area contributed by atoms with Crippen LogP contribution in [0.3, 0.4) is 0 Å². The van der Waals surface area contributed by atoms with Gasteiger partial charge in [-0.25, -0.2) is 9.97 Å². The van der Waals surface area contributed by atoms with Gasteiger partial charge in [0, 0.05) is 11.5 Å². The van der Waals surface area contributed by atoms with Crippen molar-refractivity contribution in [3.8, 4) is 11.8 Å². The third-order valence-electron chi connectivity index (χ3n) is 3.69. The highest BCUT2D eigenvalue weighted by Gasteiger charge is 2.20. The fraction of sp³-hybridized carbons (Fsp3) is 0.0588. The number of ether oxygens (including phenoxy) is 1. The van der Waals surface area contributed by atoms with Crippen LogP contribution in [0.4, 0.5) is 11.5 Å². The van der Waals surface area contributed by atoms with Gasteiger partial charge in [-0.2, -0.15) is 5.26 Å². The van der Waals surface area contributed by atoms with E-state index in [1.807, 2.05) is 6.07 Å². The van der Waals surface area contributed by atoms with Gasteiger partial charge < -0.3 is 15.8 Å². The molecular weight excluding hydrogens is 377 g/mol. The van der Waals surface area contributed by atoms with Crippen LogP contribution in [0.15, 0.2) is 30.6 Å². The number of nitriles is 1. The number of amides is 1. The lowest BCUT2D eigenvalue weighted by Crippen LogP contribution is -2.14. The van der Waals surface area contributed by atoms with Crippen LogP contribution in [0.1, 0.15) is 15.9 Å². The van der Waals surface area contributed by atoms with E-state index >= 15 is 0 Å². The Hall–Kier alpha value is -3.08. The molecule has 26 heavy (non-hydrogen) atoms. The van der Waals surface area contributed by atoms with E-state index in [0.717, 1.165) is 0 Å². The second-order valence-electron chi connectivity index (χ2n) is 5.16. The Morgan fingerprint density at radius 3 is 2.77 bits per heavy atom. The predicted molar refractivity (Wildman–Crippen MR) is 99.6 cm³/mol. The Morgan fingerprint density at radius 2 is 2.08 bits per heavy atom. The second-order valence-corrected chi connectivity index (χ2v) is 5.91. The summed E-state index contributed by atoms with van der Waals surface area (Å²) in [6.07, 6.45) is 1.27. The maximum Gasteiger partial charge on any atom is 0.257 e. The fourth-order valence-corrected chi connectivity index (χ4v) is 2.98. The fourth-order valence-electron chi connectivity index (χ4n) is 2.42. The quantitative estimate of drug-likeness (QED) is 0.708. The van der Waals surface area contributed by atoms with Gasteiger partial charge in [-0.1, -0.05) is 29.3 Å². The molecule has 3 rings (SSSR count). The first-order chi connectivity index (χ1) is 12.5. The summed E-state index contributed by atoms with van der Waals surface area (Å²) in [5.41, 5.74) is 6.66. The number of para-hydroxylation sites is 1. The number of nitrogens with one attached hydrogen (secondary N) is 1. The summed E-state index contributed by atoms with van der Waals surface area (Å²) in [5.74, 6) is -0.0455. The zero-order chi connectivity index (χ0) is 18.8. The normalized spacial score (nSPS) is 10.4. The van der Waals surface area contributed by atoms with Crippen LogP contribution in [-0.4, -0.2) is 23.0 Å². The highest BCUT2D eigenvalue weighted by atomic mass is 35.5. The molecule has 130 valence electrons. The van der Waals surface area contributed by atoms with Crippen LogP contribution >= 0.6 is 23.2 Å². The van der Waals surface area contributed by atoms with Crippen molar-refractivity contribution in [1.82, 2.24) is 9.97 Å². The number of hydrogen-bond donors (Lipinski definition) is 2. The molecule has 0 bridgehead atoms. The molecule has 3 N–H and O–H groups in total. The largest absolute Gasteiger partial charge is 0.495 e. The lowest BCUT2D eigenvalue weighted by atomic mass is 10.1. The van der Waals surface area contributed by atoms with E-state index in [1.165, 1.54) is 19.5 Å². The molecule has 1 amide bonds. The van der Waals surface area contributed by atoms with Gasteiger partial charge in [0.1, 0.15) is 29.0 Å². The number of rotatable bonds is 3. The molecule has 3 aromatic rings. The number of aromatic nitrogens is 2. The summed E-state index contributed by atoms with van der Waals surface area (Å²) < 4.78 is 5.13. The number of fused-ring (bicyclic) bond motifs is 1. The van der Waals surface area contributed by atoms with Crippen molar-refractivity contribution < 1.29 is 9.53 Å². The number of benzene rings is 2. The number of nitrogens with zero attached hydrogens (tertiary/aromatic N) is 3. The molecule has 0 fully saturated rings. The molecule has 0 atom stereocenters. The van der Waals surface area contributed by atoms with E-state index in [4.69, 9.17) is 33.7 Å². The molecule has 1 aromatic heterocycles. The first-order valence-corrected chi connectivity index (χ1v) is 8.00. The molecule has 0 aliphatic heterocycles. The van der Waals surface area contributed by atoms with Crippen LogP contribution in [0, 0.1) is 11.3 Å².